The van der Waals surface area contributed by atoms with Crippen LogP contribution in [0.1, 0.15) is 11.3 Å². The second-order valence-electron chi connectivity index (χ2n) is 4.80. The Morgan fingerprint density at radius 3 is 2.90 bits per heavy atom. The average molecular weight is 330 g/mol. The van der Waals surface area contributed by atoms with Gasteiger partial charge in [0, 0.05) is 28.1 Å². The lowest BCUT2D eigenvalue weighted by molar-refractivity contribution is 1.01. The minimum Gasteiger partial charge on any atom is -0.370 e. The van der Waals surface area contributed by atoms with Gasteiger partial charge in [-0.1, -0.05) is 18.2 Å². The van der Waals surface area contributed by atoms with E-state index in [-0.39, 0.29) is 0 Å². The van der Waals surface area contributed by atoms with E-state index in [0.29, 0.717) is 0 Å². The highest BCUT2D eigenvalue weighted by Crippen LogP contribution is 2.19. The van der Waals surface area contributed by atoms with E-state index in [2.05, 4.69) is 61.7 Å². The van der Waals surface area contributed by atoms with Gasteiger partial charge in [-0.3, -0.25) is 0 Å². The number of aryl methyl sites for hydroxylation is 1. The topological polar surface area (TPSA) is 40.7 Å². The number of benzene rings is 1. The monoisotopic (exact) mass is 329 g/mol. The lowest BCUT2D eigenvalue weighted by Gasteiger charge is -2.06. The smallest absolute Gasteiger partial charge is 0.126 e. The maximum absolute atomic E-state index is 4.49. The lowest BCUT2D eigenvalue weighted by atomic mass is 10.1. The molecule has 2 N–H and O–H groups in total. The minimum absolute atomic E-state index is 0.871. The first-order valence-corrected chi connectivity index (χ1v) is 7.45. The van der Waals surface area contributed by atoms with Crippen LogP contribution in [0.5, 0.6) is 0 Å². The Balaban J connectivity index is 1.66. The van der Waals surface area contributed by atoms with Crippen molar-refractivity contribution in [2.75, 3.05) is 11.9 Å². The molecule has 0 unspecified atom stereocenters. The van der Waals surface area contributed by atoms with Gasteiger partial charge < -0.3 is 10.3 Å². The molecule has 0 aliphatic carbocycles. The maximum Gasteiger partial charge on any atom is 0.126 e. The zero-order chi connectivity index (χ0) is 13.9. The van der Waals surface area contributed by atoms with Crippen LogP contribution in [0.3, 0.4) is 0 Å². The molecule has 102 valence electrons. The van der Waals surface area contributed by atoms with Gasteiger partial charge in [0.1, 0.15) is 5.82 Å². The molecule has 0 amide bonds. The number of aromatic nitrogens is 2. The Labute approximate surface area is 126 Å². The van der Waals surface area contributed by atoms with Gasteiger partial charge >= 0.3 is 0 Å². The van der Waals surface area contributed by atoms with Crippen LogP contribution in [-0.4, -0.2) is 16.5 Å². The number of aromatic amines is 1. The van der Waals surface area contributed by atoms with E-state index in [1.165, 1.54) is 16.5 Å². The summed E-state index contributed by atoms with van der Waals surface area (Å²) in [7, 11) is 0. The lowest BCUT2D eigenvalue weighted by Crippen LogP contribution is -2.06. The van der Waals surface area contributed by atoms with Crippen molar-refractivity contribution in [3.63, 3.8) is 0 Å². The third kappa shape index (κ3) is 2.70. The van der Waals surface area contributed by atoms with Crippen LogP contribution in [-0.2, 0) is 6.42 Å². The third-order valence-corrected chi connectivity index (χ3v) is 4.23. The highest BCUT2D eigenvalue weighted by atomic mass is 79.9. The van der Waals surface area contributed by atoms with E-state index >= 15 is 0 Å². The van der Waals surface area contributed by atoms with Gasteiger partial charge in [-0.15, -0.1) is 0 Å². The molecule has 20 heavy (non-hydrogen) atoms. The van der Waals surface area contributed by atoms with Gasteiger partial charge in [-0.05, 0) is 53.0 Å². The van der Waals surface area contributed by atoms with Gasteiger partial charge in [0.05, 0.1) is 5.69 Å². The van der Waals surface area contributed by atoms with Crippen molar-refractivity contribution in [2.24, 2.45) is 0 Å². The van der Waals surface area contributed by atoms with E-state index < -0.39 is 0 Å². The molecule has 0 aliphatic heterocycles. The summed E-state index contributed by atoms with van der Waals surface area (Å²) in [5, 5.41) is 4.67. The summed E-state index contributed by atoms with van der Waals surface area (Å²) in [6, 6.07) is 12.4. The molecule has 4 heteroatoms. The van der Waals surface area contributed by atoms with E-state index in [9.17, 15) is 0 Å². The summed E-state index contributed by atoms with van der Waals surface area (Å²) >= 11 is 3.46. The van der Waals surface area contributed by atoms with E-state index in [0.717, 1.165) is 29.0 Å². The summed E-state index contributed by atoms with van der Waals surface area (Å²) in [6.45, 7) is 2.87. The number of halogens is 1. The fourth-order valence-corrected chi connectivity index (χ4v) is 2.53. The van der Waals surface area contributed by atoms with Crippen molar-refractivity contribution in [3.8, 4) is 0 Å². The Morgan fingerprint density at radius 1 is 1.20 bits per heavy atom. The molecular formula is C16H16BrN3. The molecule has 3 nitrogen and oxygen atoms in total. The number of hydrogen-bond donors (Lipinski definition) is 2. The normalized spacial score (nSPS) is 10.9. The van der Waals surface area contributed by atoms with Crippen molar-refractivity contribution >= 4 is 32.7 Å². The molecule has 0 spiro atoms. The molecule has 0 fully saturated rings. The molecular weight excluding hydrogens is 314 g/mol. The van der Waals surface area contributed by atoms with Crippen molar-refractivity contribution in [1.29, 1.82) is 0 Å². The van der Waals surface area contributed by atoms with Gasteiger partial charge in [-0.2, -0.15) is 0 Å². The fourth-order valence-electron chi connectivity index (χ4n) is 2.31. The molecule has 0 saturated carbocycles. The van der Waals surface area contributed by atoms with Crippen LogP contribution in [0.2, 0.25) is 0 Å². The van der Waals surface area contributed by atoms with Gasteiger partial charge in [0.15, 0.2) is 0 Å². The molecule has 3 rings (SSSR count). The predicted octanol–water partition coefficient (Wildman–Crippen LogP) is 4.29. The molecule has 0 radical (unpaired) electrons. The first-order valence-electron chi connectivity index (χ1n) is 6.66. The van der Waals surface area contributed by atoms with Crippen molar-refractivity contribution in [1.82, 2.24) is 9.97 Å². The summed E-state index contributed by atoms with van der Waals surface area (Å²) in [5.41, 5.74) is 3.53. The summed E-state index contributed by atoms with van der Waals surface area (Å²) in [4.78, 5) is 7.79. The van der Waals surface area contributed by atoms with Crippen molar-refractivity contribution in [3.05, 3.63) is 58.3 Å². The number of para-hydroxylation sites is 1. The maximum atomic E-state index is 4.49. The van der Waals surface area contributed by atoms with Gasteiger partial charge in [-0.25, -0.2) is 4.98 Å². The van der Waals surface area contributed by atoms with Gasteiger partial charge in [0.25, 0.3) is 0 Å². The molecule has 3 aromatic rings. The summed E-state index contributed by atoms with van der Waals surface area (Å²) in [6.07, 6.45) is 3.06. The molecule has 0 aliphatic rings. The van der Waals surface area contributed by atoms with E-state index in [1.54, 1.807) is 0 Å². The van der Waals surface area contributed by atoms with Crippen LogP contribution in [0.25, 0.3) is 10.9 Å². The molecule has 0 atom stereocenters. The molecule has 2 aromatic heterocycles. The Hall–Kier alpha value is -1.81. The second kappa shape index (κ2) is 5.67. The van der Waals surface area contributed by atoms with Crippen LogP contribution < -0.4 is 5.32 Å². The highest BCUT2D eigenvalue weighted by molar-refractivity contribution is 9.10. The number of nitrogens with zero attached hydrogens (tertiary/aromatic N) is 1. The summed E-state index contributed by atoms with van der Waals surface area (Å²) < 4.78 is 1.04. The predicted molar refractivity (Wildman–Crippen MR) is 87.2 cm³/mol. The molecule has 2 heterocycles. The quantitative estimate of drug-likeness (QED) is 0.749. The van der Waals surface area contributed by atoms with Gasteiger partial charge in [0.2, 0.25) is 0 Å². The first-order chi connectivity index (χ1) is 9.74. The minimum atomic E-state index is 0.871. The Bertz CT molecular complexity index is 733. The molecule has 0 bridgehead atoms. The van der Waals surface area contributed by atoms with Crippen LogP contribution >= 0.6 is 15.9 Å². The SMILES string of the molecule is Cc1nc(NCCc2c[nH]c3ccccc23)ccc1Br. The van der Waals surface area contributed by atoms with E-state index in [1.807, 2.05) is 19.1 Å². The average Bonchev–Trinajstić information content (AvgIpc) is 2.86. The number of pyridine rings is 1. The van der Waals surface area contributed by atoms with E-state index in [4.69, 9.17) is 0 Å². The van der Waals surface area contributed by atoms with Crippen molar-refractivity contribution < 1.29 is 0 Å². The number of nitrogens with one attached hydrogen (secondary N) is 2. The standard InChI is InChI=1S/C16H16BrN3/c1-11-14(17)6-7-16(20-11)18-9-8-12-10-19-15-5-3-2-4-13(12)15/h2-7,10,19H,8-9H2,1H3,(H,18,20). The van der Waals surface area contributed by atoms with Crippen LogP contribution in [0.15, 0.2) is 47.1 Å². The zero-order valence-corrected chi connectivity index (χ0v) is 12.9. The zero-order valence-electron chi connectivity index (χ0n) is 11.3. The number of hydrogen-bond acceptors (Lipinski definition) is 2. The first kappa shape index (κ1) is 13.2. The highest BCUT2D eigenvalue weighted by Gasteiger charge is 2.03. The van der Waals surface area contributed by atoms with Crippen molar-refractivity contribution in [2.45, 2.75) is 13.3 Å². The number of H-pyrrole nitrogens is 1. The fraction of sp³-hybridized carbons (Fsp3) is 0.188. The number of anilines is 1. The van der Waals surface area contributed by atoms with Crippen LogP contribution in [0.4, 0.5) is 5.82 Å². The summed E-state index contributed by atoms with van der Waals surface area (Å²) in [5.74, 6) is 0.922. The van der Waals surface area contributed by atoms with Crippen LogP contribution in [0, 0.1) is 6.92 Å². The second-order valence-corrected chi connectivity index (χ2v) is 5.65. The molecule has 0 saturated heterocycles. The Kier molecular flexibility index (Phi) is 3.74. The third-order valence-electron chi connectivity index (χ3n) is 3.40. The number of fused-ring (bicyclic) bond motifs is 1. The molecule has 1 aromatic carbocycles. The Morgan fingerprint density at radius 2 is 2.05 bits per heavy atom. The number of rotatable bonds is 4. The largest absolute Gasteiger partial charge is 0.370 e.